The van der Waals surface area contributed by atoms with Crippen molar-refractivity contribution in [2.45, 2.75) is 58.0 Å². The minimum absolute atomic E-state index is 0.116. The second-order valence-electron chi connectivity index (χ2n) is 4.83. The Morgan fingerprint density at radius 2 is 1.80 bits per heavy atom. The first-order valence-corrected chi connectivity index (χ1v) is 6.24. The van der Waals surface area contributed by atoms with Crippen molar-refractivity contribution in [2.75, 3.05) is 13.1 Å². The molecule has 0 spiro atoms. The van der Waals surface area contributed by atoms with Crippen LogP contribution in [-0.2, 0) is 0 Å². The summed E-state index contributed by atoms with van der Waals surface area (Å²) in [6.07, 6.45) is 4.89. The topological polar surface area (TPSA) is 29.3 Å². The Balaban J connectivity index is 2.89. The van der Waals surface area contributed by atoms with Crippen LogP contribution in [0.5, 0.6) is 0 Å². The first-order chi connectivity index (χ1) is 7.08. The first-order valence-electron chi connectivity index (χ1n) is 6.24. The van der Waals surface area contributed by atoms with E-state index in [-0.39, 0.29) is 11.6 Å². The maximum absolute atomic E-state index is 6.36. The fraction of sp³-hybridized carbons (Fsp3) is 0.846. The molecule has 1 fully saturated rings. The van der Waals surface area contributed by atoms with Crippen LogP contribution in [0.3, 0.4) is 0 Å². The van der Waals surface area contributed by atoms with Crippen LogP contribution in [0.2, 0.25) is 0 Å². The normalized spacial score (nSPS) is 20.5. The molecule has 0 radical (unpaired) electrons. The van der Waals surface area contributed by atoms with Gasteiger partial charge < -0.3 is 5.73 Å². The number of nitrogens with two attached hydrogens (primary N) is 1. The van der Waals surface area contributed by atoms with E-state index in [0.29, 0.717) is 0 Å². The molecule has 1 heterocycles. The maximum atomic E-state index is 6.36. The molecule has 88 valence electrons. The molecule has 1 saturated heterocycles. The van der Waals surface area contributed by atoms with Gasteiger partial charge >= 0.3 is 0 Å². The van der Waals surface area contributed by atoms with Gasteiger partial charge in [-0.05, 0) is 45.7 Å². The minimum atomic E-state index is 0.116. The van der Waals surface area contributed by atoms with Crippen LogP contribution in [0, 0.1) is 0 Å². The summed E-state index contributed by atoms with van der Waals surface area (Å²) in [7, 11) is 0. The van der Waals surface area contributed by atoms with Crippen molar-refractivity contribution in [1.82, 2.24) is 4.90 Å². The van der Waals surface area contributed by atoms with E-state index in [1.807, 2.05) is 0 Å². The highest BCUT2D eigenvalue weighted by Gasteiger charge is 2.40. The van der Waals surface area contributed by atoms with Crippen molar-refractivity contribution < 1.29 is 0 Å². The average Bonchev–Trinajstić information content (AvgIpc) is 2.74. The average molecular weight is 210 g/mol. The summed E-state index contributed by atoms with van der Waals surface area (Å²) in [6, 6.07) is 0.116. The van der Waals surface area contributed by atoms with Gasteiger partial charge in [-0.25, -0.2) is 0 Å². The van der Waals surface area contributed by atoms with Crippen LogP contribution < -0.4 is 5.73 Å². The molecule has 2 heteroatoms. The van der Waals surface area contributed by atoms with Gasteiger partial charge in [-0.15, -0.1) is 0 Å². The van der Waals surface area contributed by atoms with Gasteiger partial charge in [0, 0.05) is 11.6 Å². The lowest BCUT2D eigenvalue weighted by Crippen LogP contribution is -2.58. The summed E-state index contributed by atoms with van der Waals surface area (Å²) in [5.41, 5.74) is 7.63. The summed E-state index contributed by atoms with van der Waals surface area (Å²) in [4.78, 5) is 2.59. The Kier molecular flexibility index (Phi) is 4.35. The highest BCUT2D eigenvalue weighted by atomic mass is 15.2. The fourth-order valence-electron chi connectivity index (χ4n) is 2.95. The maximum Gasteiger partial charge on any atom is 0.0435 e. The third-order valence-electron chi connectivity index (χ3n) is 4.07. The highest BCUT2D eigenvalue weighted by molar-refractivity contribution is 5.13. The summed E-state index contributed by atoms with van der Waals surface area (Å²) in [6.45, 7) is 13.0. The molecular formula is C13H26N2. The molecule has 0 bridgehead atoms. The molecule has 0 saturated carbocycles. The van der Waals surface area contributed by atoms with Gasteiger partial charge in [0.05, 0.1) is 0 Å². The van der Waals surface area contributed by atoms with E-state index in [2.05, 4.69) is 32.3 Å². The van der Waals surface area contributed by atoms with Crippen molar-refractivity contribution in [2.24, 2.45) is 5.73 Å². The third kappa shape index (κ3) is 2.26. The van der Waals surface area contributed by atoms with Crippen LogP contribution in [0.1, 0.15) is 46.5 Å². The molecule has 2 N–H and O–H groups in total. The van der Waals surface area contributed by atoms with E-state index in [1.165, 1.54) is 25.9 Å². The Hall–Kier alpha value is -0.340. The van der Waals surface area contributed by atoms with E-state index >= 15 is 0 Å². The van der Waals surface area contributed by atoms with Crippen molar-refractivity contribution >= 4 is 0 Å². The quantitative estimate of drug-likeness (QED) is 0.707. The zero-order valence-corrected chi connectivity index (χ0v) is 10.6. The van der Waals surface area contributed by atoms with Gasteiger partial charge in [-0.1, -0.05) is 26.0 Å². The van der Waals surface area contributed by atoms with Crippen molar-refractivity contribution in [1.29, 1.82) is 0 Å². The second-order valence-corrected chi connectivity index (χ2v) is 4.83. The van der Waals surface area contributed by atoms with E-state index in [0.717, 1.165) is 18.4 Å². The van der Waals surface area contributed by atoms with Gasteiger partial charge in [-0.3, -0.25) is 4.90 Å². The number of nitrogens with zero attached hydrogens (tertiary/aromatic N) is 1. The molecule has 1 aliphatic heterocycles. The number of hydrogen-bond acceptors (Lipinski definition) is 2. The van der Waals surface area contributed by atoms with Gasteiger partial charge in [0.2, 0.25) is 0 Å². The molecule has 0 aliphatic carbocycles. The summed E-state index contributed by atoms with van der Waals surface area (Å²) in [5.74, 6) is 0. The third-order valence-corrected chi connectivity index (χ3v) is 4.07. The molecule has 15 heavy (non-hydrogen) atoms. The van der Waals surface area contributed by atoms with Gasteiger partial charge in [0.25, 0.3) is 0 Å². The van der Waals surface area contributed by atoms with Gasteiger partial charge in [0.15, 0.2) is 0 Å². The molecule has 0 aromatic heterocycles. The van der Waals surface area contributed by atoms with Gasteiger partial charge in [-0.2, -0.15) is 0 Å². The van der Waals surface area contributed by atoms with Crippen molar-refractivity contribution in [3.8, 4) is 0 Å². The highest BCUT2D eigenvalue weighted by Crippen LogP contribution is 2.32. The standard InChI is InChI=1S/C13H26N2/c1-5-13(6-2,12(14)11(3)4)15-9-7-8-10-15/h12H,3,5-10,14H2,1-2,4H3. The van der Waals surface area contributed by atoms with Crippen molar-refractivity contribution in [3.05, 3.63) is 12.2 Å². The van der Waals surface area contributed by atoms with E-state index in [9.17, 15) is 0 Å². The zero-order chi connectivity index (χ0) is 11.5. The van der Waals surface area contributed by atoms with Crippen LogP contribution in [-0.4, -0.2) is 29.6 Å². The fourth-order valence-corrected chi connectivity index (χ4v) is 2.95. The summed E-state index contributed by atoms with van der Waals surface area (Å²) in [5, 5.41) is 0. The molecular weight excluding hydrogens is 184 g/mol. The molecule has 0 aromatic carbocycles. The lowest BCUT2D eigenvalue weighted by atomic mass is 9.80. The Morgan fingerprint density at radius 1 is 1.33 bits per heavy atom. The molecule has 1 atom stereocenters. The van der Waals surface area contributed by atoms with E-state index in [4.69, 9.17) is 5.73 Å². The smallest absolute Gasteiger partial charge is 0.0435 e. The Bertz CT molecular complexity index is 213. The SMILES string of the molecule is C=C(C)C(N)C(CC)(CC)N1CCCC1. The molecule has 0 aromatic rings. The van der Waals surface area contributed by atoms with E-state index < -0.39 is 0 Å². The van der Waals surface area contributed by atoms with Crippen molar-refractivity contribution in [3.63, 3.8) is 0 Å². The zero-order valence-electron chi connectivity index (χ0n) is 10.6. The Labute approximate surface area is 94.5 Å². The monoisotopic (exact) mass is 210 g/mol. The lowest BCUT2D eigenvalue weighted by Gasteiger charge is -2.45. The predicted molar refractivity (Wildman–Crippen MR) is 66.9 cm³/mol. The van der Waals surface area contributed by atoms with E-state index in [1.54, 1.807) is 0 Å². The molecule has 1 rings (SSSR count). The molecule has 1 unspecified atom stereocenters. The molecule has 1 aliphatic rings. The lowest BCUT2D eigenvalue weighted by molar-refractivity contribution is 0.0884. The Morgan fingerprint density at radius 3 is 2.13 bits per heavy atom. The summed E-state index contributed by atoms with van der Waals surface area (Å²) < 4.78 is 0. The number of likely N-dealkylation sites (tertiary alicyclic amines) is 1. The first kappa shape index (κ1) is 12.7. The van der Waals surface area contributed by atoms with Crippen LogP contribution in [0.15, 0.2) is 12.2 Å². The van der Waals surface area contributed by atoms with Crippen LogP contribution >= 0.6 is 0 Å². The predicted octanol–water partition coefficient (Wildman–Crippen LogP) is 2.54. The van der Waals surface area contributed by atoms with Gasteiger partial charge in [0.1, 0.15) is 0 Å². The second kappa shape index (κ2) is 5.13. The number of rotatable bonds is 5. The molecule has 0 amide bonds. The summed E-state index contributed by atoms with van der Waals surface area (Å²) >= 11 is 0. The number of hydrogen-bond donors (Lipinski definition) is 1. The largest absolute Gasteiger partial charge is 0.323 e. The molecule has 2 nitrogen and oxygen atoms in total. The van der Waals surface area contributed by atoms with Crippen LogP contribution in [0.4, 0.5) is 0 Å². The van der Waals surface area contributed by atoms with Crippen LogP contribution in [0.25, 0.3) is 0 Å². The minimum Gasteiger partial charge on any atom is -0.323 e.